The topological polar surface area (TPSA) is 82.1 Å². The lowest BCUT2D eigenvalue weighted by Crippen LogP contribution is -2.66. The summed E-state index contributed by atoms with van der Waals surface area (Å²) in [7, 11) is -0.853. The fraction of sp³-hybridized carbons (Fsp3) is 0.733. The number of Topliss-reactive ketones (excluding diaryl/α,β-unsaturated/α-hetero) is 1. The van der Waals surface area contributed by atoms with Crippen molar-refractivity contribution in [3.05, 3.63) is 35.9 Å². The average molecular weight is 533 g/mol. The predicted octanol–water partition coefficient (Wildman–Crippen LogP) is 6.06. The molecule has 0 amide bonds. The summed E-state index contributed by atoms with van der Waals surface area (Å²) in [5, 5.41) is 11.2. The Balaban J connectivity index is 1.88. The average Bonchev–Trinajstić information content (AvgIpc) is 2.85. The van der Waals surface area contributed by atoms with E-state index in [9.17, 15) is 14.7 Å². The monoisotopic (exact) mass is 532 g/mol. The second kappa shape index (κ2) is 11.7. The van der Waals surface area contributed by atoms with Gasteiger partial charge in [-0.1, -0.05) is 64.4 Å². The fourth-order valence-corrected chi connectivity index (χ4v) is 7.79. The van der Waals surface area contributed by atoms with Gasteiger partial charge in [-0.2, -0.15) is 0 Å². The zero-order chi connectivity index (χ0) is 27.5. The number of carbonyl (C=O) groups is 2. The maximum atomic E-state index is 13.4. The van der Waals surface area contributed by atoms with E-state index in [0.29, 0.717) is 32.5 Å². The third kappa shape index (κ3) is 5.90. The van der Waals surface area contributed by atoms with Crippen LogP contribution in [0, 0.1) is 16.7 Å². The number of benzene rings is 1. The Morgan fingerprint density at radius 1 is 1.19 bits per heavy atom. The first-order chi connectivity index (χ1) is 17.3. The van der Waals surface area contributed by atoms with Gasteiger partial charge in [0, 0.05) is 13.0 Å². The maximum absolute atomic E-state index is 13.4. The summed E-state index contributed by atoms with van der Waals surface area (Å²) in [5.41, 5.74) is -0.800. The molecule has 1 unspecified atom stereocenters. The second-order valence-corrected chi connectivity index (χ2v) is 17.6. The molecule has 1 aromatic rings. The lowest BCUT2D eigenvalue weighted by atomic mass is 9.47. The molecule has 208 valence electrons. The number of rotatable bonds is 10. The van der Waals surface area contributed by atoms with Crippen LogP contribution >= 0.6 is 0 Å². The van der Waals surface area contributed by atoms with Crippen molar-refractivity contribution in [1.29, 1.82) is 0 Å². The highest BCUT2D eigenvalue weighted by Crippen LogP contribution is 2.60. The summed E-state index contributed by atoms with van der Waals surface area (Å²) < 4.78 is 18.3. The zero-order valence-electron chi connectivity index (χ0n) is 24.0. The Morgan fingerprint density at radius 3 is 2.49 bits per heavy atom. The molecule has 7 heteroatoms. The number of methoxy groups -OCH3 is 1. The Kier molecular flexibility index (Phi) is 9.47. The first-order valence-corrected chi connectivity index (χ1v) is 16.8. The molecule has 0 heterocycles. The first kappa shape index (κ1) is 30.0. The van der Waals surface area contributed by atoms with E-state index in [0.717, 1.165) is 24.8 Å². The molecule has 2 saturated carbocycles. The van der Waals surface area contributed by atoms with E-state index in [-0.39, 0.29) is 29.3 Å². The van der Waals surface area contributed by atoms with Crippen LogP contribution in [0.2, 0.25) is 18.1 Å². The molecular weight excluding hydrogens is 484 g/mol. The molecule has 0 radical (unpaired) electrons. The minimum absolute atomic E-state index is 0.0153. The highest BCUT2D eigenvalue weighted by atomic mass is 28.4. The molecule has 0 aromatic heterocycles. The third-order valence-electron chi connectivity index (χ3n) is 9.56. The molecule has 0 aliphatic heterocycles. The number of carbonyl (C=O) groups excluding carboxylic acids is 2. The van der Waals surface area contributed by atoms with Crippen molar-refractivity contribution in [1.82, 2.24) is 0 Å². The summed E-state index contributed by atoms with van der Waals surface area (Å²) in [6.45, 7) is 14.6. The van der Waals surface area contributed by atoms with Gasteiger partial charge in [-0.25, -0.2) is 0 Å². The van der Waals surface area contributed by atoms with Crippen LogP contribution in [0.25, 0.3) is 0 Å². The van der Waals surface area contributed by atoms with Gasteiger partial charge >= 0.3 is 5.97 Å². The SMILES string of the molecule is COC(=O)[C@@]12C(=O)CC[C@](C)([C@H](CCCOCc3ccccc3)O[Si](C)(C)C(C)(C)C)[C@H]1CCCC2O. The predicted molar refractivity (Wildman–Crippen MR) is 148 cm³/mol. The third-order valence-corrected chi connectivity index (χ3v) is 14.0. The lowest BCUT2D eigenvalue weighted by Gasteiger charge is -2.58. The highest BCUT2D eigenvalue weighted by Gasteiger charge is 2.67. The van der Waals surface area contributed by atoms with E-state index in [1.807, 2.05) is 18.2 Å². The molecule has 0 saturated heterocycles. The Hall–Kier alpha value is -1.54. The van der Waals surface area contributed by atoms with Crippen LogP contribution < -0.4 is 0 Å². The molecule has 3 rings (SSSR count). The summed E-state index contributed by atoms with van der Waals surface area (Å²) in [6, 6.07) is 10.1. The van der Waals surface area contributed by atoms with Crippen molar-refractivity contribution in [2.45, 2.75) is 110 Å². The number of ether oxygens (including phenoxy) is 2. The van der Waals surface area contributed by atoms with E-state index >= 15 is 0 Å². The summed E-state index contributed by atoms with van der Waals surface area (Å²) in [4.78, 5) is 26.7. The molecule has 2 aliphatic rings. The van der Waals surface area contributed by atoms with Crippen LogP contribution in [0.15, 0.2) is 30.3 Å². The number of aliphatic hydroxyl groups excluding tert-OH is 1. The molecule has 1 N–H and O–H groups in total. The number of ketones is 1. The highest BCUT2D eigenvalue weighted by molar-refractivity contribution is 6.74. The van der Waals surface area contributed by atoms with Crippen LogP contribution in [-0.4, -0.2) is 51.1 Å². The summed E-state index contributed by atoms with van der Waals surface area (Å²) >= 11 is 0. The van der Waals surface area contributed by atoms with Gasteiger partial charge in [0.2, 0.25) is 0 Å². The Bertz CT molecular complexity index is 916. The van der Waals surface area contributed by atoms with E-state index in [4.69, 9.17) is 13.9 Å². The quantitative estimate of drug-likeness (QED) is 0.171. The van der Waals surface area contributed by atoms with Crippen LogP contribution in [0.5, 0.6) is 0 Å². The van der Waals surface area contributed by atoms with Gasteiger partial charge in [0.1, 0.15) is 0 Å². The van der Waals surface area contributed by atoms with Gasteiger partial charge in [-0.3, -0.25) is 9.59 Å². The first-order valence-electron chi connectivity index (χ1n) is 13.9. The van der Waals surface area contributed by atoms with Crippen molar-refractivity contribution in [3.8, 4) is 0 Å². The van der Waals surface area contributed by atoms with Crippen molar-refractivity contribution in [2.24, 2.45) is 16.7 Å². The molecule has 0 bridgehead atoms. The lowest BCUT2D eigenvalue weighted by molar-refractivity contribution is -0.197. The standard InChI is InChI=1S/C30H48O6Si/c1-28(2,3)37(6,7)36-26(17-12-20-35-21-22-13-9-8-10-14-22)29(4)19-18-25(32)30(27(33)34-5)23(29)15-11-16-24(30)31/h8-10,13-14,23-24,26,31H,11-12,15-21H2,1-7H3/t23-,24?,26+,29+,30+/m1/s1. The van der Waals surface area contributed by atoms with E-state index in [1.165, 1.54) is 7.11 Å². The van der Waals surface area contributed by atoms with Crippen molar-refractivity contribution in [2.75, 3.05) is 13.7 Å². The summed E-state index contributed by atoms with van der Waals surface area (Å²) in [6.07, 6.45) is 3.24. The molecular formula is C30H48O6Si. The van der Waals surface area contributed by atoms with Gasteiger partial charge in [0.25, 0.3) is 0 Å². The molecule has 6 nitrogen and oxygen atoms in total. The van der Waals surface area contributed by atoms with Crippen LogP contribution in [0.1, 0.15) is 78.2 Å². The van der Waals surface area contributed by atoms with Crippen molar-refractivity contribution in [3.63, 3.8) is 0 Å². The number of fused-ring (bicyclic) bond motifs is 1. The second-order valence-electron chi connectivity index (χ2n) is 12.8. The molecule has 37 heavy (non-hydrogen) atoms. The minimum Gasteiger partial charge on any atom is -0.468 e. The smallest absolute Gasteiger partial charge is 0.322 e. The molecule has 2 aliphatic carbocycles. The van der Waals surface area contributed by atoms with Gasteiger partial charge in [0.15, 0.2) is 19.5 Å². The van der Waals surface area contributed by atoms with Crippen molar-refractivity contribution >= 4 is 20.1 Å². The fourth-order valence-electron chi connectivity index (χ4n) is 6.33. The van der Waals surface area contributed by atoms with Crippen LogP contribution in [-0.2, 0) is 30.1 Å². The zero-order valence-corrected chi connectivity index (χ0v) is 25.0. The molecule has 2 fully saturated rings. The minimum atomic E-state index is -2.17. The number of hydrogen-bond acceptors (Lipinski definition) is 6. The number of esters is 1. The van der Waals surface area contributed by atoms with Crippen molar-refractivity contribution < 1.29 is 28.6 Å². The normalized spacial score (nSPS) is 29.5. The maximum Gasteiger partial charge on any atom is 0.322 e. The van der Waals surface area contributed by atoms with E-state index in [2.05, 4.69) is 52.9 Å². The molecule has 5 atom stereocenters. The molecule has 0 spiro atoms. The van der Waals surface area contributed by atoms with Gasteiger partial charge < -0.3 is 19.0 Å². The van der Waals surface area contributed by atoms with Crippen LogP contribution in [0.3, 0.4) is 0 Å². The number of hydrogen-bond donors (Lipinski definition) is 1. The van der Waals surface area contributed by atoms with Gasteiger partial charge in [-0.05, 0) is 67.1 Å². The van der Waals surface area contributed by atoms with Gasteiger partial charge in [0.05, 0.1) is 25.9 Å². The van der Waals surface area contributed by atoms with Crippen LogP contribution in [0.4, 0.5) is 0 Å². The Morgan fingerprint density at radius 2 is 1.86 bits per heavy atom. The van der Waals surface area contributed by atoms with E-state index in [1.54, 1.807) is 0 Å². The Labute approximate surface area is 224 Å². The summed E-state index contributed by atoms with van der Waals surface area (Å²) in [5.74, 6) is -1.08. The van der Waals surface area contributed by atoms with Gasteiger partial charge in [-0.15, -0.1) is 0 Å². The number of aliphatic hydroxyl groups is 1. The van der Waals surface area contributed by atoms with E-state index < -0.39 is 31.2 Å². The largest absolute Gasteiger partial charge is 0.468 e. The molecule has 1 aromatic carbocycles.